The lowest BCUT2D eigenvalue weighted by Crippen LogP contribution is -2.42. The van der Waals surface area contributed by atoms with E-state index in [2.05, 4.69) is 58.1 Å². The number of hydrazine groups is 1. The molecule has 0 aliphatic heterocycles. The predicted octanol–water partition coefficient (Wildman–Crippen LogP) is 4.07. The number of thiophene rings is 1. The number of rotatable bonds is 8. The van der Waals surface area contributed by atoms with Crippen LogP contribution in [0.2, 0.25) is 0 Å². The van der Waals surface area contributed by atoms with Gasteiger partial charge in [0.25, 0.3) is 5.91 Å². The zero-order valence-electron chi connectivity index (χ0n) is 18.8. The van der Waals surface area contributed by atoms with E-state index < -0.39 is 0 Å². The van der Waals surface area contributed by atoms with Gasteiger partial charge in [-0.1, -0.05) is 49.9 Å². The summed E-state index contributed by atoms with van der Waals surface area (Å²) in [5.74, 6) is 0.0374. The maximum Gasteiger partial charge on any atom is 0.279 e. The normalized spacial score (nSPS) is 10.8. The van der Waals surface area contributed by atoms with Gasteiger partial charge in [-0.25, -0.2) is 0 Å². The van der Waals surface area contributed by atoms with E-state index in [1.165, 1.54) is 34.2 Å². The minimum Gasteiger partial charge on any atom is -0.272 e. The molecule has 3 heterocycles. The van der Waals surface area contributed by atoms with E-state index in [1.54, 1.807) is 29.9 Å². The van der Waals surface area contributed by atoms with Crippen molar-refractivity contribution >= 4 is 34.9 Å². The molecule has 0 unspecified atom stereocenters. The predicted molar refractivity (Wildman–Crippen MR) is 134 cm³/mol. The molecule has 0 saturated carbocycles. The average molecular weight is 493 g/mol. The van der Waals surface area contributed by atoms with Gasteiger partial charge in [0.05, 0.1) is 16.3 Å². The molecule has 8 nitrogen and oxygen atoms in total. The molecule has 4 rings (SSSR count). The minimum atomic E-state index is -0.347. The molecule has 10 heteroatoms. The summed E-state index contributed by atoms with van der Waals surface area (Å²) in [7, 11) is 0. The van der Waals surface area contributed by atoms with Gasteiger partial charge >= 0.3 is 0 Å². The SMILES string of the molecule is CCc1cccc(CC)c1-n1c(SCC(=O)NNC(=O)c2cccs2)nnc1-c1cccnc1. The van der Waals surface area contributed by atoms with Crippen molar-refractivity contribution in [3.05, 3.63) is 76.2 Å². The van der Waals surface area contributed by atoms with E-state index in [-0.39, 0.29) is 17.6 Å². The molecular formula is C24H24N6O2S2. The van der Waals surface area contributed by atoms with Gasteiger partial charge in [-0.05, 0) is 47.5 Å². The second-order valence-electron chi connectivity index (χ2n) is 7.28. The highest BCUT2D eigenvalue weighted by Gasteiger charge is 2.21. The number of pyridine rings is 1. The summed E-state index contributed by atoms with van der Waals surface area (Å²) in [5.41, 5.74) is 9.11. The third-order valence-corrected chi connectivity index (χ3v) is 6.93. The molecule has 2 N–H and O–H groups in total. The third-order valence-electron chi connectivity index (χ3n) is 5.13. The topological polar surface area (TPSA) is 102 Å². The molecule has 0 radical (unpaired) electrons. The number of thioether (sulfide) groups is 1. The van der Waals surface area contributed by atoms with Crippen LogP contribution in [0.4, 0.5) is 0 Å². The highest BCUT2D eigenvalue weighted by molar-refractivity contribution is 7.99. The second-order valence-corrected chi connectivity index (χ2v) is 9.17. The Bertz CT molecular complexity index is 1250. The monoisotopic (exact) mass is 492 g/mol. The summed E-state index contributed by atoms with van der Waals surface area (Å²) in [4.78, 5) is 29.3. The van der Waals surface area contributed by atoms with Crippen molar-refractivity contribution in [3.8, 4) is 17.1 Å². The van der Waals surface area contributed by atoms with E-state index in [1.807, 2.05) is 16.7 Å². The van der Waals surface area contributed by atoms with E-state index in [0.717, 1.165) is 24.1 Å². The summed E-state index contributed by atoms with van der Waals surface area (Å²) >= 11 is 2.57. The van der Waals surface area contributed by atoms with Gasteiger partial charge in [-0.3, -0.25) is 30.0 Å². The van der Waals surface area contributed by atoms with Crippen LogP contribution in [0, 0.1) is 0 Å². The van der Waals surface area contributed by atoms with Gasteiger partial charge in [-0.15, -0.1) is 21.5 Å². The van der Waals surface area contributed by atoms with Gasteiger partial charge in [-0.2, -0.15) is 0 Å². The Kier molecular flexibility index (Phi) is 7.71. The molecule has 174 valence electrons. The summed E-state index contributed by atoms with van der Waals surface area (Å²) in [5, 5.41) is 11.3. The fourth-order valence-electron chi connectivity index (χ4n) is 3.51. The molecule has 0 spiro atoms. The standard InChI is InChI=1S/C24H24N6O2S2/c1-3-16-8-5-9-17(4-2)21(16)30-22(18-10-6-12-25-14-18)27-29-24(30)34-15-20(31)26-28-23(32)19-11-7-13-33-19/h5-14H,3-4,15H2,1-2H3,(H,26,31)(H,28,32). The van der Waals surface area contributed by atoms with Crippen LogP contribution in [0.1, 0.15) is 34.6 Å². The van der Waals surface area contributed by atoms with Crippen molar-refractivity contribution in [1.82, 2.24) is 30.6 Å². The fourth-order valence-corrected chi connectivity index (χ4v) is 4.87. The molecule has 3 aromatic heterocycles. The highest BCUT2D eigenvalue weighted by Crippen LogP contribution is 2.32. The van der Waals surface area contributed by atoms with E-state index >= 15 is 0 Å². The Morgan fingerprint density at radius 3 is 2.44 bits per heavy atom. The van der Waals surface area contributed by atoms with Gasteiger partial charge in [0, 0.05) is 18.0 Å². The molecular weight excluding hydrogens is 468 g/mol. The third kappa shape index (κ3) is 5.18. The van der Waals surface area contributed by atoms with E-state index in [0.29, 0.717) is 15.9 Å². The molecule has 2 amide bonds. The van der Waals surface area contributed by atoms with Crippen LogP contribution in [0.15, 0.2) is 65.4 Å². The van der Waals surface area contributed by atoms with Crippen LogP contribution in [0.25, 0.3) is 17.1 Å². The number of para-hydroxylation sites is 1. The Morgan fingerprint density at radius 2 is 1.79 bits per heavy atom. The smallest absolute Gasteiger partial charge is 0.272 e. The first kappa shape index (κ1) is 23.7. The Morgan fingerprint density at radius 1 is 1.00 bits per heavy atom. The lowest BCUT2D eigenvalue weighted by molar-refractivity contribution is -0.119. The van der Waals surface area contributed by atoms with Crippen LogP contribution < -0.4 is 10.9 Å². The molecule has 0 bridgehead atoms. The summed E-state index contributed by atoms with van der Waals surface area (Å²) in [6.45, 7) is 4.23. The van der Waals surface area contributed by atoms with Crippen molar-refractivity contribution in [2.24, 2.45) is 0 Å². The number of carbonyl (C=O) groups is 2. The highest BCUT2D eigenvalue weighted by atomic mass is 32.2. The lowest BCUT2D eigenvalue weighted by atomic mass is 10.0. The number of carbonyl (C=O) groups excluding carboxylic acids is 2. The number of nitrogens with zero attached hydrogens (tertiary/aromatic N) is 4. The first-order valence-corrected chi connectivity index (χ1v) is 12.7. The van der Waals surface area contributed by atoms with E-state index in [4.69, 9.17) is 0 Å². The molecule has 0 atom stereocenters. The zero-order valence-corrected chi connectivity index (χ0v) is 20.4. The van der Waals surface area contributed by atoms with Gasteiger partial charge in [0.2, 0.25) is 5.91 Å². The minimum absolute atomic E-state index is 0.0612. The maximum atomic E-state index is 12.5. The summed E-state index contributed by atoms with van der Waals surface area (Å²) < 4.78 is 2.01. The van der Waals surface area contributed by atoms with Crippen molar-refractivity contribution in [2.75, 3.05) is 5.75 Å². The Hall–Kier alpha value is -3.50. The second kappa shape index (κ2) is 11.1. The fraction of sp³-hybridized carbons (Fsp3) is 0.208. The Balaban J connectivity index is 1.61. The first-order chi connectivity index (χ1) is 16.6. The van der Waals surface area contributed by atoms with Gasteiger partial charge in [0.15, 0.2) is 11.0 Å². The van der Waals surface area contributed by atoms with Crippen molar-refractivity contribution in [2.45, 2.75) is 31.8 Å². The zero-order chi connectivity index (χ0) is 23.9. The molecule has 0 aliphatic carbocycles. The van der Waals surface area contributed by atoms with Crippen molar-refractivity contribution < 1.29 is 9.59 Å². The first-order valence-electron chi connectivity index (χ1n) is 10.8. The van der Waals surface area contributed by atoms with Crippen LogP contribution >= 0.6 is 23.1 Å². The number of aryl methyl sites for hydroxylation is 2. The molecule has 34 heavy (non-hydrogen) atoms. The van der Waals surface area contributed by atoms with Crippen molar-refractivity contribution in [3.63, 3.8) is 0 Å². The van der Waals surface area contributed by atoms with Gasteiger partial charge < -0.3 is 0 Å². The molecule has 0 fully saturated rings. The quantitative estimate of drug-likeness (QED) is 0.284. The number of nitrogens with one attached hydrogen (secondary N) is 2. The number of hydrogen-bond acceptors (Lipinski definition) is 7. The molecule has 0 aliphatic rings. The number of aromatic nitrogens is 4. The van der Waals surface area contributed by atoms with Crippen molar-refractivity contribution in [1.29, 1.82) is 0 Å². The van der Waals surface area contributed by atoms with E-state index in [9.17, 15) is 9.59 Å². The molecule has 4 aromatic rings. The summed E-state index contributed by atoms with van der Waals surface area (Å²) in [6, 6.07) is 13.5. The van der Waals surface area contributed by atoms with Crippen LogP contribution in [0.3, 0.4) is 0 Å². The van der Waals surface area contributed by atoms with Crippen LogP contribution in [-0.4, -0.2) is 37.3 Å². The molecule has 0 saturated heterocycles. The number of hydrogen-bond donors (Lipinski definition) is 2. The maximum absolute atomic E-state index is 12.5. The Labute approximate surface area is 205 Å². The number of amides is 2. The van der Waals surface area contributed by atoms with Gasteiger partial charge in [0.1, 0.15) is 0 Å². The summed E-state index contributed by atoms with van der Waals surface area (Å²) in [6.07, 6.45) is 5.15. The average Bonchev–Trinajstić information content (AvgIpc) is 3.56. The van der Waals surface area contributed by atoms with Crippen LogP contribution in [0.5, 0.6) is 0 Å². The molecule has 1 aromatic carbocycles. The largest absolute Gasteiger partial charge is 0.279 e. The lowest BCUT2D eigenvalue weighted by Gasteiger charge is -2.18. The van der Waals surface area contributed by atoms with Crippen LogP contribution in [-0.2, 0) is 17.6 Å². The number of benzene rings is 1.